The van der Waals surface area contributed by atoms with Crippen LogP contribution in [0.3, 0.4) is 0 Å². The normalized spacial score (nSPS) is 25.6. The number of fused-ring (bicyclic) bond motifs is 3. The van der Waals surface area contributed by atoms with Crippen molar-refractivity contribution < 1.29 is 9.32 Å². The smallest absolute Gasteiger partial charge is 0.237 e. The number of piperidine rings is 3. The Labute approximate surface area is 146 Å². The number of carbonyl (C=O) groups excluding carboxylic acids is 1. The van der Waals surface area contributed by atoms with Gasteiger partial charge in [0, 0.05) is 11.6 Å². The van der Waals surface area contributed by atoms with Gasteiger partial charge in [0.15, 0.2) is 5.76 Å². The van der Waals surface area contributed by atoms with Gasteiger partial charge in [-0.15, -0.1) is 0 Å². The number of amides is 1. The van der Waals surface area contributed by atoms with Gasteiger partial charge in [0.1, 0.15) is 5.69 Å². The van der Waals surface area contributed by atoms with Crippen molar-refractivity contribution in [1.29, 1.82) is 0 Å². The Morgan fingerprint density at radius 3 is 2.83 bits per heavy atom. The van der Waals surface area contributed by atoms with E-state index in [0.717, 1.165) is 25.1 Å². The summed E-state index contributed by atoms with van der Waals surface area (Å²) in [6.07, 6.45) is 3.44. The van der Waals surface area contributed by atoms with Gasteiger partial charge in [-0.2, -0.15) is 0 Å². The van der Waals surface area contributed by atoms with Crippen LogP contribution in [-0.2, 0) is 11.3 Å². The molecule has 3 fully saturated rings. The second-order valence-corrected chi connectivity index (χ2v) is 7.02. The molecule has 2 bridgehead atoms. The van der Waals surface area contributed by atoms with Crippen LogP contribution in [0.25, 0.3) is 11.3 Å². The number of aromatic nitrogens is 1. The molecule has 1 unspecified atom stereocenters. The summed E-state index contributed by atoms with van der Waals surface area (Å²) >= 11 is 6.17. The Bertz CT molecular complexity index is 737. The Kier molecular flexibility index (Phi) is 4.29. The van der Waals surface area contributed by atoms with Crippen molar-refractivity contribution in [2.75, 3.05) is 13.1 Å². The first-order chi connectivity index (χ1) is 11.7. The SMILES string of the molecule is O=C(NCc1cc(-c2ccccc2Cl)on1)C1CC2CCN1CC2. The molecule has 126 valence electrons. The van der Waals surface area contributed by atoms with Crippen LogP contribution in [0.2, 0.25) is 5.02 Å². The van der Waals surface area contributed by atoms with Crippen LogP contribution in [0, 0.1) is 5.92 Å². The highest BCUT2D eigenvalue weighted by molar-refractivity contribution is 6.33. The van der Waals surface area contributed by atoms with E-state index in [0.29, 0.717) is 28.9 Å². The van der Waals surface area contributed by atoms with E-state index >= 15 is 0 Å². The standard InChI is InChI=1S/C18H20ClN3O2/c19-15-4-2-1-3-14(15)17-10-13(21-24-17)11-20-18(23)16-9-12-5-7-22(16)8-6-12/h1-4,10,12,16H,5-9,11H2,(H,20,23). The fraction of sp³-hybridized carbons (Fsp3) is 0.444. The third kappa shape index (κ3) is 3.06. The van der Waals surface area contributed by atoms with Gasteiger partial charge in [0.2, 0.25) is 5.91 Å². The van der Waals surface area contributed by atoms with Crippen LogP contribution in [-0.4, -0.2) is 35.1 Å². The molecule has 1 amide bonds. The maximum Gasteiger partial charge on any atom is 0.237 e. The molecule has 3 aliphatic rings. The van der Waals surface area contributed by atoms with Crippen LogP contribution in [0.1, 0.15) is 25.0 Å². The third-order valence-corrected chi connectivity index (χ3v) is 5.42. The molecular formula is C18H20ClN3O2. The average Bonchev–Trinajstić information content (AvgIpc) is 3.10. The summed E-state index contributed by atoms with van der Waals surface area (Å²) in [7, 11) is 0. The second kappa shape index (κ2) is 6.57. The maximum atomic E-state index is 12.5. The van der Waals surface area contributed by atoms with Crippen molar-refractivity contribution in [3.63, 3.8) is 0 Å². The van der Waals surface area contributed by atoms with Gasteiger partial charge in [-0.25, -0.2) is 0 Å². The Morgan fingerprint density at radius 1 is 1.33 bits per heavy atom. The fourth-order valence-corrected chi connectivity index (χ4v) is 3.95. The summed E-state index contributed by atoms with van der Waals surface area (Å²) < 4.78 is 5.36. The second-order valence-electron chi connectivity index (χ2n) is 6.61. The topological polar surface area (TPSA) is 58.4 Å². The zero-order valence-electron chi connectivity index (χ0n) is 13.4. The number of nitrogens with one attached hydrogen (secondary N) is 1. The number of benzene rings is 1. The van der Waals surface area contributed by atoms with Crippen LogP contribution in [0.5, 0.6) is 0 Å². The Morgan fingerprint density at radius 2 is 2.12 bits per heavy atom. The van der Waals surface area contributed by atoms with E-state index in [1.54, 1.807) is 0 Å². The van der Waals surface area contributed by atoms with E-state index in [4.69, 9.17) is 16.1 Å². The van der Waals surface area contributed by atoms with Crippen molar-refractivity contribution >= 4 is 17.5 Å². The summed E-state index contributed by atoms with van der Waals surface area (Å²) in [4.78, 5) is 14.8. The lowest BCUT2D eigenvalue weighted by Gasteiger charge is -2.44. The lowest BCUT2D eigenvalue weighted by atomic mass is 9.83. The minimum absolute atomic E-state index is 0.0208. The first-order valence-corrected chi connectivity index (χ1v) is 8.81. The van der Waals surface area contributed by atoms with Gasteiger partial charge >= 0.3 is 0 Å². The minimum atomic E-state index is 0.0208. The summed E-state index contributed by atoms with van der Waals surface area (Å²) in [6.45, 7) is 2.47. The zero-order chi connectivity index (χ0) is 16.5. The number of carbonyl (C=O) groups is 1. The summed E-state index contributed by atoms with van der Waals surface area (Å²) in [5.74, 6) is 1.43. The molecule has 1 atom stereocenters. The fourth-order valence-electron chi connectivity index (χ4n) is 3.72. The number of hydrogen-bond acceptors (Lipinski definition) is 4. The molecule has 6 heteroatoms. The van der Waals surface area contributed by atoms with Gasteiger partial charge in [0.25, 0.3) is 0 Å². The molecule has 1 N–H and O–H groups in total. The van der Waals surface area contributed by atoms with Crippen LogP contribution < -0.4 is 5.32 Å². The molecule has 0 saturated carbocycles. The summed E-state index contributed by atoms with van der Waals surface area (Å²) in [5.41, 5.74) is 1.51. The largest absolute Gasteiger partial charge is 0.356 e. The van der Waals surface area contributed by atoms with Crippen molar-refractivity contribution in [2.24, 2.45) is 5.92 Å². The van der Waals surface area contributed by atoms with E-state index in [2.05, 4.69) is 15.4 Å². The summed E-state index contributed by atoms with van der Waals surface area (Å²) in [6, 6.07) is 9.32. The number of nitrogens with zero attached hydrogens (tertiary/aromatic N) is 2. The van der Waals surface area contributed by atoms with E-state index < -0.39 is 0 Å². The van der Waals surface area contributed by atoms with Crippen molar-refractivity contribution in [1.82, 2.24) is 15.4 Å². The predicted octanol–water partition coefficient (Wildman–Crippen LogP) is 3.10. The van der Waals surface area contributed by atoms with E-state index in [9.17, 15) is 4.79 Å². The van der Waals surface area contributed by atoms with Crippen molar-refractivity contribution in [2.45, 2.75) is 31.8 Å². The number of halogens is 1. The molecule has 0 aliphatic carbocycles. The number of hydrogen-bond donors (Lipinski definition) is 1. The molecule has 1 aromatic heterocycles. The van der Waals surface area contributed by atoms with Gasteiger partial charge in [0.05, 0.1) is 17.6 Å². The molecule has 5 nitrogen and oxygen atoms in total. The van der Waals surface area contributed by atoms with Crippen LogP contribution in [0.15, 0.2) is 34.9 Å². The first-order valence-electron chi connectivity index (χ1n) is 8.43. The van der Waals surface area contributed by atoms with Crippen LogP contribution in [0.4, 0.5) is 0 Å². The van der Waals surface area contributed by atoms with Crippen molar-refractivity contribution in [3.8, 4) is 11.3 Å². The van der Waals surface area contributed by atoms with Gasteiger partial charge < -0.3 is 9.84 Å². The molecule has 2 aromatic rings. The number of rotatable bonds is 4. The third-order valence-electron chi connectivity index (χ3n) is 5.09. The van der Waals surface area contributed by atoms with E-state index in [1.165, 1.54) is 12.8 Å². The lowest BCUT2D eigenvalue weighted by Crippen LogP contribution is -2.55. The maximum absolute atomic E-state index is 12.5. The molecular weight excluding hydrogens is 326 g/mol. The Hall–Kier alpha value is -1.85. The molecule has 0 spiro atoms. The zero-order valence-corrected chi connectivity index (χ0v) is 14.1. The Balaban J connectivity index is 1.38. The van der Waals surface area contributed by atoms with Crippen LogP contribution >= 0.6 is 11.6 Å². The van der Waals surface area contributed by atoms with Gasteiger partial charge in [-0.05, 0) is 50.4 Å². The highest BCUT2D eigenvalue weighted by Gasteiger charge is 2.37. The molecule has 0 radical (unpaired) electrons. The molecule has 24 heavy (non-hydrogen) atoms. The average molecular weight is 346 g/mol. The van der Waals surface area contributed by atoms with Gasteiger partial charge in [-0.3, -0.25) is 9.69 Å². The molecule has 5 rings (SSSR count). The predicted molar refractivity (Wildman–Crippen MR) is 91.5 cm³/mol. The quantitative estimate of drug-likeness (QED) is 0.925. The molecule has 3 aliphatic heterocycles. The first kappa shape index (κ1) is 15.7. The van der Waals surface area contributed by atoms with E-state index in [-0.39, 0.29) is 11.9 Å². The molecule has 4 heterocycles. The molecule has 3 saturated heterocycles. The highest BCUT2D eigenvalue weighted by atomic mass is 35.5. The highest BCUT2D eigenvalue weighted by Crippen LogP contribution is 2.32. The lowest BCUT2D eigenvalue weighted by molar-refractivity contribution is -0.130. The van der Waals surface area contributed by atoms with Gasteiger partial charge in [-0.1, -0.05) is 28.9 Å². The minimum Gasteiger partial charge on any atom is -0.356 e. The van der Waals surface area contributed by atoms with Crippen molar-refractivity contribution in [3.05, 3.63) is 41.0 Å². The van der Waals surface area contributed by atoms with E-state index in [1.807, 2.05) is 30.3 Å². The molecule has 1 aromatic carbocycles. The monoisotopic (exact) mass is 345 g/mol. The summed E-state index contributed by atoms with van der Waals surface area (Å²) in [5, 5.41) is 7.65.